The average molecular weight is 234 g/mol. The van der Waals surface area contributed by atoms with Gasteiger partial charge in [0.1, 0.15) is 0 Å². The molecule has 0 aliphatic rings. The lowest BCUT2D eigenvalue weighted by Gasteiger charge is -2.09. The number of para-hydroxylation sites is 1. The molecule has 4 nitrogen and oxygen atoms in total. The molecule has 1 aromatic carbocycles. The van der Waals surface area contributed by atoms with E-state index >= 15 is 0 Å². The van der Waals surface area contributed by atoms with Crippen LogP contribution in [0.3, 0.4) is 0 Å². The normalized spacial score (nSPS) is 12.3. The summed E-state index contributed by atoms with van der Waals surface area (Å²) in [7, 11) is 0. The van der Waals surface area contributed by atoms with Crippen LogP contribution in [0, 0.1) is 10.1 Å². The minimum atomic E-state index is -0.429. The van der Waals surface area contributed by atoms with E-state index in [4.69, 9.17) is 5.73 Å². The van der Waals surface area contributed by atoms with Crippen LogP contribution in [-0.4, -0.2) is 4.92 Å². The summed E-state index contributed by atoms with van der Waals surface area (Å²) in [6.45, 7) is 0. The maximum atomic E-state index is 10.8. The molecular formula is C11H10N2O2S. The molecule has 0 spiro atoms. The van der Waals surface area contributed by atoms with Gasteiger partial charge in [0.2, 0.25) is 0 Å². The highest BCUT2D eigenvalue weighted by molar-refractivity contribution is 7.10. The highest BCUT2D eigenvalue weighted by Gasteiger charge is 2.20. The predicted octanol–water partition coefficient (Wildman–Crippen LogP) is 2.70. The quantitative estimate of drug-likeness (QED) is 0.655. The fourth-order valence-electron chi connectivity index (χ4n) is 1.54. The van der Waals surface area contributed by atoms with Crippen molar-refractivity contribution in [2.75, 3.05) is 0 Å². The maximum absolute atomic E-state index is 10.8. The first-order valence-corrected chi connectivity index (χ1v) is 5.60. The molecule has 0 unspecified atom stereocenters. The molecule has 0 radical (unpaired) electrons. The Balaban J connectivity index is 2.44. The van der Waals surface area contributed by atoms with Crippen LogP contribution in [0.5, 0.6) is 0 Å². The average Bonchev–Trinajstić information content (AvgIpc) is 2.81. The van der Waals surface area contributed by atoms with E-state index in [-0.39, 0.29) is 5.69 Å². The van der Waals surface area contributed by atoms with E-state index in [0.717, 1.165) is 4.88 Å². The molecule has 2 rings (SSSR count). The number of nitro groups is 1. The first-order valence-electron chi connectivity index (χ1n) is 4.72. The van der Waals surface area contributed by atoms with Gasteiger partial charge in [0, 0.05) is 10.9 Å². The third-order valence-electron chi connectivity index (χ3n) is 2.32. The lowest BCUT2D eigenvalue weighted by molar-refractivity contribution is -0.385. The second kappa shape index (κ2) is 4.42. The summed E-state index contributed by atoms with van der Waals surface area (Å²) in [6.07, 6.45) is 0. The molecule has 0 fully saturated rings. The Hall–Kier alpha value is -1.72. The summed E-state index contributed by atoms with van der Waals surface area (Å²) in [4.78, 5) is 11.4. The molecular weight excluding hydrogens is 224 g/mol. The minimum Gasteiger partial charge on any atom is -0.319 e. The van der Waals surface area contributed by atoms with Crippen molar-refractivity contribution in [1.29, 1.82) is 0 Å². The van der Waals surface area contributed by atoms with E-state index in [2.05, 4.69) is 0 Å². The van der Waals surface area contributed by atoms with Gasteiger partial charge < -0.3 is 5.73 Å². The maximum Gasteiger partial charge on any atom is 0.274 e. The van der Waals surface area contributed by atoms with Crippen molar-refractivity contribution in [1.82, 2.24) is 0 Å². The van der Waals surface area contributed by atoms with Crippen molar-refractivity contribution in [2.45, 2.75) is 6.04 Å². The molecule has 16 heavy (non-hydrogen) atoms. The van der Waals surface area contributed by atoms with Gasteiger partial charge in [0.15, 0.2) is 0 Å². The summed E-state index contributed by atoms with van der Waals surface area (Å²) in [6, 6.07) is 9.91. The van der Waals surface area contributed by atoms with Gasteiger partial charge in [-0.2, -0.15) is 0 Å². The summed E-state index contributed by atoms with van der Waals surface area (Å²) >= 11 is 1.50. The summed E-state index contributed by atoms with van der Waals surface area (Å²) in [5.74, 6) is 0. The molecule has 82 valence electrons. The van der Waals surface area contributed by atoms with Gasteiger partial charge >= 0.3 is 0 Å². The van der Waals surface area contributed by atoms with E-state index in [0.29, 0.717) is 5.56 Å². The Bertz CT molecular complexity index is 496. The molecule has 1 atom stereocenters. The zero-order chi connectivity index (χ0) is 11.5. The number of nitrogens with two attached hydrogens (primary N) is 1. The van der Waals surface area contributed by atoms with Crippen LogP contribution in [0.25, 0.3) is 0 Å². The molecule has 0 amide bonds. The lowest BCUT2D eigenvalue weighted by atomic mass is 10.0. The Morgan fingerprint density at radius 3 is 2.62 bits per heavy atom. The van der Waals surface area contributed by atoms with Gasteiger partial charge in [0.25, 0.3) is 5.69 Å². The summed E-state index contributed by atoms with van der Waals surface area (Å²) in [5, 5.41) is 12.8. The van der Waals surface area contributed by atoms with Crippen LogP contribution >= 0.6 is 11.3 Å². The van der Waals surface area contributed by atoms with E-state index < -0.39 is 11.0 Å². The first-order chi connectivity index (χ1) is 7.70. The molecule has 1 aromatic heterocycles. The highest BCUT2D eigenvalue weighted by atomic mass is 32.1. The Kier molecular flexibility index (Phi) is 2.98. The van der Waals surface area contributed by atoms with Gasteiger partial charge in [0.05, 0.1) is 16.5 Å². The van der Waals surface area contributed by atoms with Gasteiger partial charge in [-0.1, -0.05) is 24.3 Å². The second-order valence-electron chi connectivity index (χ2n) is 3.31. The van der Waals surface area contributed by atoms with Crippen molar-refractivity contribution in [3.63, 3.8) is 0 Å². The van der Waals surface area contributed by atoms with Crippen LogP contribution in [0.1, 0.15) is 16.5 Å². The van der Waals surface area contributed by atoms with Gasteiger partial charge in [-0.05, 0) is 11.4 Å². The molecule has 5 heteroatoms. The van der Waals surface area contributed by atoms with E-state index in [1.165, 1.54) is 17.4 Å². The smallest absolute Gasteiger partial charge is 0.274 e. The molecule has 2 aromatic rings. The van der Waals surface area contributed by atoms with Crippen molar-refractivity contribution >= 4 is 17.0 Å². The Morgan fingerprint density at radius 2 is 2.00 bits per heavy atom. The van der Waals surface area contributed by atoms with Crippen molar-refractivity contribution in [3.05, 3.63) is 62.3 Å². The minimum absolute atomic E-state index is 0.0726. The molecule has 0 aliphatic heterocycles. The highest BCUT2D eigenvalue weighted by Crippen LogP contribution is 2.29. The van der Waals surface area contributed by atoms with E-state index in [1.54, 1.807) is 18.2 Å². The molecule has 0 saturated carbocycles. The van der Waals surface area contributed by atoms with Crippen molar-refractivity contribution in [2.24, 2.45) is 5.73 Å². The SMILES string of the molecule is N[C@@H](c1cccs1)c1ccccc1[N+](=O)[O-]. The van der Waals surface area contributed by atoms with Crippen LogP contribution in [-0.2, 0) is 0 Å². The Morgan fingerprint density at radius 1 is 1.25 bits per heavy atom. The fraction of sp³-hybridized carbons (Fsp3) is 0.0909. The first kappa shape index (κ1) is 10.8. The zero-order valence-corrected chi connectivity index (χ0v) is 9.18. The molecule has 0 bridgehead atoms. The van der Waals surface area contributed by atoms with E-state index in [1.807, 2.05) is 17.5 Å². The summed E-state index contributed by atoms with van der Waals surface area (Å²) < 4.78 is 0. The van der Waals surface area contributed by atoms with Gasteiger partial charge in [-0.25, -0.2) is 0 Å². The van der Waals surface area contributed by atoms with Gasteiger partial charge in [-0.15, -0.1) is 11.3 Å². The van der Waals surface area contributed by atoms with E-state index in [9.17, 15) is 10.1 Å². The zero-order valence-electron chi connectivity index (χ0n) is 8.37. The number of nitro benzene ring substituents is 1. The molecule has 2 N–H and O–H groups in total. The van der Waals surface area contributed by atoms with Crippen molar-refractivity contribution in [3.8, 4) is 0 Å². The number of hydrogen-bond acceptors (Lipinski definition) is 4. The van der Waals surface area contributed by atoms with Crippen LogP contribution in [0.2, 0.25) is 0 Å². The number of nitrogens with zero attached hydrogens (tertiary/aromatic N) is 1. The van der Waals surface area contributed by atoms with Crippen molar-refractivity contribution < 1.29 is 4.92 Å². The lowest BCUT2D eigenvalue weighted by Crippen LogP contribution is -2.12. The van der Waals surface area contributed by atoms with Crippen LogP contribution in [0.4, 0.5) is 5.69 Å². The molecule has 0 aliphatic carbocycles. The number of thiophene rings is 1. The molecule has 1 heterocycles. The number of benzene rings is 1. The largest absolute Gasteiger partial charge is 0.319 e. The predicted molar refractivity (Wildman–Crippen MR) is 63.4 cm³/mol. The fourth-order valence-corrected chi connectivity index (χ4v) is 2.28. The number of rotatable bonds is 3. The van der Waals surface area contributed by atoms with Gasteiger partial charge in [-0.3, -0.25) is 10.1 Å². The second-order valence-corrected chi connectivity index (χ2v) is 4.29. The standard InChI is InChI=1S/C11H10N2O2S/c12-11(10-6-3-7-16-10)8-4-1-2-5-9(8)13(14)15/h1-7,11H,12H2/t11-/m1/s1. The summed E-state index contributed by atoms with van der Waals surface area (Å²) in [5.41, 5.74) is 6.63. The third kappa shape index (κ3) is 1.95. The topological polar surface area (TPSA) is 69.2 Å². The third-order valence-corrected chi connectivity index (χ3v) is 3.27. The van der Waals surface area contributed by atoms with Crippen LogP contribution < -0.4 is 5.73 Å². The molecule has 0 saturated heterocycles. The monoisotopic (exact) mass is 234 g/mol. The Labute approximate surface area is 96.5 Å². The van der Waals surface area contributed by atoms with Crippen LogP contribution in [0.15, 0.2) is 41.8 Å². The number of hydrogen-bond donors (Lipinski definition) is 1.